The molecule has 1 aromatic heterocycles. The lowest BCUT2D eigenvalue weighted by Crippen LogP contribution is -2.41. The predicted octanol–water partition coefficient (Wildman–Crippen LogP) is 4.19. The first-order valence-electron chi connectivity index (χ1n) is 10.1. The van der Waals surface area contributed by atoms with E-state index in [1.165, 1.54) is 24.1 Å². The quantitative estimate of drug-likeness (QED) is 0.843. The van der Waals surface area contributed by atoms with Gasteiger partial charge in [-0.3, -0.25) is 4.98 Å². The monoisotopic (exact) mass is 350 g/mol. The molecule has 2 aromatic rings. The minimum Gasteiger partial charge on any atom is -0.387 e. The molecule has 3 heteroatoms. The van der Waals surface area contributed by atoms with Gasteiger partial charge in [0.1, 0.15) is 0 Å². The molecule has 0 saturated carbocycles. The number of aliphatic hydroxyl groups is 1. The maximum absolute atomic E-state index is 10.6. The van der Waals surface area contributed by atoms with Gasteiger partial charge in [-0.1, -0.05) is 43.3 Å². The fourth-order valence-corrected chi connectivity index (χ4v) is 4.99. The summed E-state index contributed by atoms with van der Waals surface area (Å²) in [6, 6.07) is 15.1. The van der Waals surface area contributed by atoms with Gasteiger partial charge in [-0.05, 0) is 67.2 Å². The zero-order chi connectivity index (χ0) is 17.9. The summed E-state index contributed by atoms with van der Waals surface area (Å²) in [4.78, 5) is 7.06. The molecule has 1 fully saturated rings. The number of hydrogen-bond donors (Lipinski definition) is 1. The Kier molecular flexibility index (Phi) is 5.37. The molecular weight excluding hydrogens is 320 g/mol. The highest BCUT2D eigenvalue weighted by Gasteiger charge is 2.30. The number of aliphatic hydroxyl groups excluding tert-OH is 1. The van der Waals surface area contributed by atoms with Gasteiger partial charge in [0.2, 0.25) is 0 Å². The molecule has 0 amide bonds. The van der Waals surface area contributed by atoms with Gasteiger partial charge in [0.25, 0.3) is 0 Å². The first kappa shape index (κ1) is 17.7. The van der Waals surface area contributed by atoms with Crippen LogP contribution in [-0.2, 0) is 6.42 Å². The van der Waals surface area contributed by atoms with E-state index in [1.807, 2.05) is 6.07 Å². The number of rotatable bonds is 3. The molecule has 2 aliphatic rings. The maximum Gasteiger partial charge on any atom is 0.0965 e. The van der Waals surface area contributed by atoms with Gasteiger partial charge in [0.15, 0.2) is 0 Å². The van der Waals surface area contributed by atoms with Crippen LogP contribution in [0.15, 0.2) is 48.7 Å². The molecule has 3 nitrogen and oxygen atoms in total. The molecule has 1 aromatic carbocycles. The van der Waals surface area contributed by atoms with E-state index in [1.54, 1.807) is 6.20 Å². The Morgan fingerprint density at radius 3 is 2.77 bits per heavy atom. The first-order valence-corrected chi connectivity index (χ1v) is 10.1. The molecule has 138 valence electrons. The second-order valence-corrected chi connectivity index (χ2v) is 8.25. The van der Waals surface area contributed by atoms with Crippen LogP contribution in [0.3, 0.4) is 0 Å². The van der Waals surface area contributed by atoms with Gasteiger partial charge in [-0.15, -0.1) is 0 Å². The second kappa shape index (κ2) is 7.89. The Morgan fingerprint density at radius 2 is 1.96 bits per heavy atom. The SMILES string of the molecule is C[C@@H]1CN(CC2CCc3cccnc3[C@@H](O)C2)CC[C@H]1c1ccccc1. The second-order valence-electron chi connectivity index (χ2n) is 8.25. The number of hydrogen-bond acceptors (Lipinski definition) is 3. The molecule has 0 spiro atoms. The maximum atomic E-state index is 10.6. The van der Waals surface area contributed by atoms with Crippen molar-refractivity contribution in [2.75, 3.05) is 19.6 Å². The van der Waals surface area contributed by atoms with E-state index >= 15 is 0 Å². The van der Waals surface area contributed by atoms with Crippen molar-refractivity contribution in [2.45, 2.75) is 44.6 Å². The molecule has 1 saturated heterocycles. The van der Waals surface area contributed by atoms with E-state index in [2.05, 4.69) is 53.2 Å². The van der Waals surface area contributed by atoms with Crippen LogP contribution in [0, 0.1) is 11.8 Å². The number of likely N-dealkylation sites (tertiary alicyclic amines) is 1. The van der Waals surface area contributed by atoms with Crippen LogP contribution in [0.1, 0.15) is 55.0 Å². The molecule has 0 radical (unpaired) electrons. The third-order valence-electron chi connectivity index (χ3n) is 6.35. The number of aromatic nitrogens is 1. The van der Waals surface area contributed by atoms with Crippen molar-refractivity contribution in [3.05, 3.63) is 65.5 Å². The van der Waals surface area contributed by atoms with Gasteiger partial charge in [0.05, 0.1) is 11.8 Å². The normalized spacial score (nSPS) is 29.8. The minimum absolute atomic E-state index is 0.405. The van der Waals surface area contributed by atoms with Gasteiger partial charge in [-0.25, -0.2) is 0 Å². The molecule has 0 bridgehead atoms. The molecule has 1 unspecified atom stereocenters. The van der Waals surface area contributed by atoms with Gasteiger partial charge < -0.3 is 10.0 Å². The summed E-state index contributed by atoms with van der Waals surface area (Å²) in [6.45, 7) is 5.83. The lowest BCUT2D eigenvalue weighted by molar-refractivity contribution is 0.101. The fraction of sp³-hybridized carbons (Fsp3) is 0.522. The fourth-order valence-electron chi connectivity index (χ4n) is 4.99. The third kappa shape index (κ3) is 3.84. The van der Waals surface area contributed by atoms with Crippen LogP contribution >= 0.6 is 0 Å². The van der Waals surface area contributed by atoms with Crippen molar-refractivity contribution in [3.8, 4) is 0 Å². The molecular formula is C23H30N2O. The summed E-state index contributed by atoms with van der Waals surface area (Å²) in [6.07, 6.45) is 5.68. The molecule has 4 rings (SSSR count). The number of piperidine rings is 1. The van der Waals surface area contributed by atoms with Crippen LogP contribution < -0.4 is 0 Å². The number of fused-ring (bicyclic) bond motifs is 1. The zero-order valence-corrected chi connectivity index (χ0v) is 15.7. The zero-order valence-electron chi connectivity index (χ0n) is 15.7. The van der Waals surface area contributed by atoms with E-state index in [0.717, 1.165) is 38.0 Å². The van der Waals surface area contributed by atoms with Gasteiger partial charge in [-0.2, -0.15) is 0 Å². The van der Waals surface area contributed by atoms with Crippen molar-refractivity contribution < 1.29 is 5.11 Å². The summed E-state index contributed by atoms with van der Waals surface area (Å²) < 4.78 is 0. The molecule has 26 heavy (non-hydrogen) atoms. The number of nitrogens with zero attached hydrogens (tertiary/aromatic N) is 2. The molecule has 2 heterocycles. The molecule has 4 atom stereocenters. The smallest absolute Gasteiger partial charge is 0.0965 e. The summed E-state index contributed by atoms with van der Waals surface area (Å²) in [5.41, 5.74) is 3.64. The van der Waals surface area contributed by atoms with Crippen molar-refractivity contribution in [2.24, 2.45) is 11.8 Å². The van der Waals surface area contributed by atoms with Crippen LogP contribution in [0.4, 0.5) is 0 Å². The summed E-state index contributed by atoms with van der Waals surface area (Å²) in [5, 5.41) is 10.6. The summed E-state index contributed by atoms with van der Waals surface area (Å²) >= 11 is 0. The average molecular weight is 351 g/mol. The Bertz CT molecular complexity index is 717. The van der Waals surface area contributed by atoms with E-state index < -0.39 is 6.10 Å². The van der Waals surface area contributed by atoms with Crippen LogP contribution in [0.25, 0.3) is 0 Å². The van der Waals surface area contributed by atoms with Crippen LogP contribution in [-0.4, -0.2) is 34.6 Å². The average Bonchev–Trinajstić information content (AvgIpc) is 2.82. The topological polar surface area (TPSA) is 36.4 Å². The van der Waals surface area contributed by atoms with Crippen molar-refractivity contribution in [1.29, 1.82) is 0 Å². The first-order chi connectivity index (χ1) is 12.7. The third-order valence-corrected chi connectivity index (χ3v) is 6.35. The number of pyridine rings is 1. The summed E-state index contributed by atoms with van der Waals surface area (Å²) in [7, 11) is 0. The molecule has 1 N–H and O–H groups in total. The van der Waals surface area contributed by atoms with E-state index in [4.69, 9.17) is 0 Å². The van der Waals surface area contributed by atoms with Gasteiger partial charge >= 0.3 is 0 Å². The lowest BCUT2D eigenvalue weighted by Gasteiger charge is -2.39. The highest BCUT2D eigenvalue weighted by molar-refractivity contribution is 5.23. The largest absolute Gasteiger partial charge is 0.387 e. The van der Waals surface area contributed by atoms with E-state index in [9.17, 15) is 5.11 Å². The molecule has 1 aliphatic heterocycles. The highest BCUT2D eigenvalue weighted by atomic mass is 16.3. The summed E-state index contributed by atoms with van der Waals surface area (Å²) in [5.74, 6) is 1.92. The predicted molar refractivity (Wildman–Crippen MR) is 105 cm³/mol. The van der Waals surface area contributed by atoms with Crippen LogP contribution in [0.5, 0.6) is 0 Å². The standard InChI is InChI=1S/C23H30N2O/c1-17-15-25(13-11-21(17)19-6-3-2-4-7-19)16-18-9-10-20-8-5-12-24-23(20)22(26)14-18/h2-8,12,17-18,21-22,26H,9-11,13-16H2,1H3/t17-,18?,21-,22+/m1/s1. The Hall–Kier alpha value is -1.71. The highest BCUT2D eigenvalue weighted by Crippen LogP contribution is 2.35. The van der Waals surface area contributed by atoms with Crippen LogP contribution in [0.2, 0.25) is 0 Å². The van der Waals surface area contributed by atoms with Crippen molar-refractivity contribution in [1.82, 2.24) is 9.88 Å². The minimum atomic E-state index is -0.405. The Labute approximate surface area is 157 Å². The van der Waals surface area contributed by atoms with Crippen molar-refractivity contribution >= 4 is 0 Å². The Morgan fingerprint density at radius 1 is 1.12 bits per heavy atom. The van der Waals surface area contributed by atoms with Crippen molar-refractivity contribution in [3.63, 3.8) is 0 Å². The van der Waals surface area contributed by atoms with E-state index in [0.29, 0.717) is 17.8 Å². The Balaban J connectivity index is 1.36. The van der Waals surface area contributed by atoms with E-state index in [-0.39, 0.29) is 0 Å². The molecule has 1 aliphatic carbocycles. The number of aryl methyl sites for hydroxylation is 1. The number of benzene rings is 1. The van der Waals surface area contributed by atoms with Gasteiger partial charge in [0, 0.05) is 19.3 Å². The lowest BCUT2D eigenvalue weighted by atomic mass is 9.81.